The summed E-state index contributed by atoms with van der Waals surface area (Å²) >= 11 is 1.20. The fourth-order valence-electron chi connectivity index (χ4n) is 1.59. The van der Waals surface area contributed by atoms with Gasteiger partial charge in [-0.3, -0.25) is 4.79 Å². The van der Waals surface area contributed by atoms with Crippen LogP contribution in [-0.2, 0) is 4.79 Å². The summed E-state index contributed by atoms with van der Waals surface area (Å²) in [6.07, 6.45) is 1.15. The molecular weight excluding hydrogens is 291 g/mol. The molecule has 0 fully saturated rings. The Labute approximate surface area is 126 Å². The quantitative estimate of drug-likeness (QED) is 0.831. The van der Waals surface area contributed by atoms with Crippen LogP contribution in [0.4, 0.5) is 16.0 Å². The molecule has 1 heterocycles. The number of nitrogens with one attached hydrogen (secondary N) is 2. The average Bonchev–Trinajstić information content (AvgIpc) is 2.44. The van der Waals surface area contributed by atoms with Crippen molar-refractivity contribution >= 4 is 29.3 Å². The molecule has 0 spiro atoms. The van der Waals surface area contributed by atoms with E-state index in [1.54, 1.807) is 24.3 Å². The van der Waals surface area contributed by atoms with Crippen LogP contribution in [0.25, 0.3) is 0 Å². The van der Waals surface area contributed by atoms with Gasteiger partial charge in [-0.05, 0) is 31.2 Å². The molecular formula is C14H15FN4OS. The van der Waals surface area contributed by atoms with Gasteiger partial charge in [0.15, 0.2) is 5.82 Å². The number of benzene rings is 1. The number of anilines is 2. The van der Waals surface area contributed by atoms with Gasteiger partial charge in [-0.2, -0.15) is 0 Å². The number of hydrogen-bond acceptors (Lipinski definition) is 5. The number of carbonyl (C=O) groups is 1. The normalized spacial score (nSPS) is 10.2. The van der Waals surface area contributed by atoms with Crippen LogP contribution in [0.5, 0.6) is 0 Å². The minimum atomic E-state index is -0.465. The maximum absolute atomic E-state index is 13.7. The van der Waals surface area contributed by atoms with Crippen molar-refractivity contribution in [2.75, 3.05) is 17.2 Å². The molecule has 1 aromatic heterocycles. The summed E-state index contributed by atoms with van der Waals surface area (Å²) in [4.78, 5) is 19.7. The zero-order valence-corrected chi connectivity index (χ0v) is 12.5. The molecule has 0 unspecified atom stereocenters. The Balaban J connectivity index is 2.13. The van der Waals surface area contributed by atoms with E-state index >= 15 is 0 Å². The highest BCUT2D eigenvalue weighted by atomic mass is 32.2. The number of rotatable bonds is 5. The van der Waals surface area contributed by atoms with Crippen molar-refractivity contribution < 1.29 is 9.18 Å². The largest absolute Gasteiger partial charge is 0.354 e. The van der Waals surface area contributed by atoms with Crippen LogP contribution in [0.1, 0.15) is 13.8 Å². The van der Waals surface area contributed by atoms with Crippen molar-refractivity contribution in [2.45, 2.75) is 23.8 Å². The van der Waals surface area contributed by atoms with E-state index in [4.69, 9.17) is 0 Å². The van der Waals surface area contributed by atoms with Gasteiger partial charge in [0.25, 0.3) is 0 Å². The van der Waals surface area contributed by atoms with Crippen LogP contribution in [0, 0.1) is 5.82 Å². The van der Waals surface area contributed by atoms with Gasteiger partial charge >= 0.3 is 0 Å². The molecule has 0 atom stereocenters. The Morgan fingerprint density at radius 1 is 1.33 bits per heavy atom. The summed E-state index contributed by atoms with van der Waals surface area (Å²) in [5, 5.41) is 5.87. The van der Waals surface area contributed by atoms with Crippen molar-refractivity contribution in [1.29, 1.82) is 0 Å². The summed E-state index contributed by atoms with van der Waals surface area (Å²) in [5.74, 6) is -0.198. The van der Waals surface area contributed by atoms with Crippen LogP contribution in [0.3, 0.4) is 0 Å². The summed E-state index contributed by atoms with van der Waals surface area (Å²) < 4.78 is 13.7. The Morgan fingerprint density at radius 2 is 2.05 bits per heavy atom. The molecule has 0 radical (unpaired) electrons. The maximum atomic E-state index is 13.7. The monoisotopic (exact) mass is 306 g/mol. The molecule has 7 heteroatoms. The molecule has 0 aliphatic carbocycles. The second-order valence-corrected chi connectivity index (χ2v) is 5.25. The van der Waals surface area contributed by atoms with Crippen molar-refractivity contribution in [3.8, 4) is 0 Å². The summed E-state index contributed by atoms with van der Waals surface area (Å²) in [6.45, 7) is 4.03. The molecule has 110 valence electrons. The number of halogens is 1. The van der Waals surface area contributed by atoms with Gasteiger partial charge in [-0.25, -0.2) is 14.4 Å². The second kappa shape index (κ2) is 7.03. The molecule has 0 bridgehead atoms. The first-order valence-electron chi connectivity index (χ1n) is 6.40. The van der Waals surface area contributed by atoms with Gasteiger partial charge in [-0.15, -0.1) is 0 Å². The third-order valence-corrected chi connectivity index (χ3v) is 3.42. The number of aromatic nitrogens is 2. The molecule has 0 aliphatic rings. The first-order chi connectivity index (χ1) is 10.1. The van der Waals surface area contributed by atoms with Gasteiger partial charge < -0.3 is 10.6 Å². The first-order valence-corrected chi connectivity index (χ1v) is 7.22. The maximum Gasteiger partial charge on any atom is 0.223 e. The smallest absolute Gasteiger partial charge is 0.223 e. The minimum absolute atomic E-state index is 0.132. The van der Waals surface area contributed by atoms with E-state index in [1.165, 1.54) is 18.7 Å². The molecule has 0 saturated carbocycles. The standard InChI is InChI=1S/C14H15FN4OS/c1-3-16-14-17-8-12(15)13(19-14)21-11-6-4-10(5-7-11)18-9(2)20/h4-8H,3H2,1-2H3,(H,18,20)(H,16,17,19). The Hall–Kier alpha value is -2.15. The zero-order valence-electron chi connectivity index (χ0n) is 11.7. The van der Waals surface area contributed by atoms with E-state index in [0.29, 0.717) is 18.2 Å². The van der Waals surface area contributed by atoms with Gasteiger partial charge in [0.1, 0.15) is 5.03 Å². The summed E-state index contributed by atoms with van der Waals surface area (Å²) in [7, 11) is 0. The van der Waals surface area contributed by atoms with E-state index in [2.05, 4.69) is 20.6 Å². The molecule has 1 aromatic carbocycles. The van der Waals surface area contributed by atoms with Gasteiger partial charge in [0.05, 0.1) is 6.20 Å². The highest BCUT2D eigenvalue weighted by Crippen LogP contribution is 2.29. The van der Waals surface area contributed by atoms with E-state index in [-0.39, 0.29) is 10.9 Å². The lowest BCUT2D eigenvalue weighted by Crippen LogP contribution is -2.05. The third-order valence-electron chi connectivity index (χ3n) is 2.44. The number of hydrogen-bond donors (Lipinski definition) is 2. The van der Waals surface area contributed by atoms with Crippen molar-refractivity contribution in [3.63, 3.8) is 0 Å². The topological polar surface area (TPSA) is 66.9 Å². The van der Waals surface area contributed by atoms with Crippen LogP contribution < -0.4 is 10.6 Å². The van der Waals surface area contributed by atoms with Crippen LogP contribution in [0.15, 0.2) is 40.4 Å². The van der Waals surface area contributed by atoms with Gasteiger partial charge in [0.2, 0.25) is 11.9 Å². The number of carbonyl (C=O) groups excluding carboxylic acids is 1. The predicted molar refractivity (Wildman–Crippen MR) is 81.0 cm³/mol. The number of amides is 1. The summed E-state index contributed by atoms with van der Waals surface area (Å²) in [5.41, 5.74) is 0.698. The molecule has 2 aromatic rings. The average molecular weight is 306 g/mol. The minimum Gasteiger partial charge on any atom is -0.354 e. The predicted octanol–water partition coefficient (Wildman–Crippen LogP) is 3.16. The third kappa shape index (κ3) is 4.42. The lowest BCUT2D eigenvalue weighted by molar-refractivity contribution is -0.114. The van der Waals surface area contributed by atoms with E-state index in [1.807, 2.05) is 6.92 Å². The molecule has 0 saturated heterocycles. The Kier molecular flexibility index (Phi) is 5.10. The Morgan fingerprint density at radius 3 is 2.67 bits per heavy atom. The van der Waals surface area contributed by atoms with Crippen LogP contribution in [0.2, 0.25) is 0 Å². The van der Waals surface area contributed by atoms with Crippen LogP contribution >= 0.6 is 11.8 Å². The van der Waals surface area contributed by atoms with Crippen LogP contribution in [-0.4, -0.2) is 22.4 Å². The fourth-order valence-corrected chi connectivity index (χ4v) is 2.37. The molecule has 2 rings (SSSR count). The Bertz CT molecular complexity index is 633. The van der Waals surface area contributed by atoms with E-state index in [0.717, 1.165) is 11.1 Å². The van der Waals surface area contributed by atoms with Gasteiger partial charge in [-0.1, -0.05) is 11.8 Å². The lowest BCUT2D eigenvalue weighted by Gasteiger charge is -2.06. The zero-order chi connectivity index (χ0) is 15.2. The van der Waals surface area contributed by atoms with Gasteiger partial charge in [0, 0.05) is 24.1 Å². The summed E-state index contributed by atoms with van der Waals surface area (Å²) in [6, 6.07) is 7.11. The molecule has 21 heavy (non-hydrogen) atoms. The highest BCUT2D eigenvalue weighted by molar-refractivity contribution is 7.99. The van der Waals surface area contributed by atoms with E-state index in [9.17, 15) is 9.18 Å². The van der Waals surface area contributed by atoms with Crippen molar-refractivity contribution in [1.82, 2.24) is 9.97 Å². The molecule has 1 amide bonds. The molecule has 0 aliphatic heterocycles. The SMILES string of the molecule is CCNc1ncc(F)c(Sc2ccc(NC(C)=O)cc2)n1. The molecule has 5 nitrogen and oxygen atoms in total. The fraction of sp³-hybridized carbons (Fsp3) is 0.214. The van der Waals surface area contributed by atoms with E-state index < -0.39 is 5.82 Å². The highest BCUT2D eigenvalue weighted by Gasteiger charge is 2.09. The first kappa shape index (κ1) is 15.2. The van der Waals surface area contributed by atoms with Crippen molar-refractivity contribution in [3.05, 3.63) is 36.3 Å². The van der Waals surface area contributed by atoms with Crippen molar-refractivity contribution in [2.24, 2.45) is 0 Å². The second-order valence-electron chi connectivity index (χ2n) is 4.18. The lowest BCUT2D eigenvalue weighted by atomic mass is 10.3. The molecule has 2 N–H and O–H groups in total. The number of nitrogens with zero attached hydrogens (tertiary/aromatic N) is 2.